The van der Waals surface area contributed by atoms with Crippen molar-refractivity contribution in [1.29, 1.82) is 0 Å². The van der Waals surface area contributed by atoms with E-state index in [-0.39, 0.29) is 0 Å². The number of hydrogen-bond donors (Lipinski definition) is 2. The lowest BCUT2D eigenvalue weighted by Gasteiger charge is -2.27. The summed E-state index contributed by atoms with van der Waals surface area (Å²) in [4.78, 5) is 44.8. The lowest BCUT2D eigenvalue weighted by molar-refractivity contribution is -0.141. The highest BCUT2D eigenvalue weighted by molar-refractivity contribution is 6.45. The van der Waals surface area contributed by atoms with Crippen LogP contribution in [0.5, 0.6) is 0 Å². The number of aromatic nitrogens is 2. The Kier molecular flexibility index (Phi) is 3.95. The van der Waals surface area contributed by atoms with Crippen molar-refractivity contribution in [3.63, 3.8) is 0 Å². The van der Waals surface area contributed by atoms with Crippen LogP contribution in [0.4, 0.5) is 10.1 Å². The van der Waals surface area contributed by atoms with E-state index in [1.807, 2.05) is 0 Å². The number of carbonyl (C=O) groups is 3. The molecular weight excluding hydrogens is 353 g/mol. The second-order valence-corrected chi connectivity index (χ2v) is 6.35. The van der Waals surface area contributed by atoms with E-state index in [9.17, 15) is 23.9 Å². The number of carboxylic acid groups (broad SMARTS) is 1. The van der Waals surface area contributed by atoms with Gasteiger partial charge in [-0.25, -0.2) is 9.37 Å². The number of nitrogens with zero attached hydrogens (tertiary/aromatic N) is 2. The van der Waals surface area contributed by atoms with Gasteiger partial charge in [-0.15, -0.1) is 0 Å². The monoisotopic (exact) mass is 367 g/mol. The van der Waals surface area contributed by atoms with Crippen molar-refractivity contribution >= 4 is 34.4 Å². The molecule has 3 aromatic rings. The molecule has 0 aliphatic carbocycles. The molecule has 7 nitrogen and oxygen atoms in total. The molecule has 2 aromatic carbocycles. The minimum absolute atomic E-state index is 0.366. The van der Waals surface area contributed by atoms with Gasteiger partial charge in [-0.05, 0) is 35.9 Å². The fraction of sp³-hybridized carbons (Fsp3) is 0.158. The summed E-state index contributed by atoms with van der Waals surface area (Å²) in [5.74, 6) is -4.44. The number of rotatable bonds is 4. The summed E-state index contributed by atoms with van der Waals surface area (Å²) >= 11 is 0. The molecule has 2 heterocycles. The second-order valence-electron chi connectivity index (χ2n) is 6.35. The van der Waals surface area contributed by atoms with Crippen LogP contribution < -0.4 is 4.90 Å². The molecule has 2 unspecified atom stereocenters. The number of aliphatic carboxylic acids is 1. The third-order valence-corrected chi connectivity index (χ3v) is 4.69. The predicted octanol–water partition coefficient (Wildman–Crippen LogP) is 2.45. The molecule has 136 valence electrons. The maximum Gasteiger partial charge on any atom is 0.304 e. The molecule has 0 spiro atoms. The van der Waals surface area contributed by atoms with Gasteiger partial charge < -0.3 is 10.1 Å². The molecule has 1 amide bonds. The number of hydrogen-bond acceptors (Lipinski definition) is 4. The smallest absolute Gasteiger partial charge is 0.304 e. The zero-order valence-corrected chi connectivity index (χ0v) is 13.9. The van der Waals surface area contributed by atoms with Gasteiger partial charge in [-0.1, -0.05) is 12.1 Å². The Bertz CT molecular complexity index is 1080. The maximum atomic E-state index is 13.8. The Morgan fingerprint density at radius 3 is 2.78 bits per heavy atom. The number of aromatic amines is 1. The molecule has 8 heteroatoms. The Balaban J connectivity index is 1.86. The van der Waals surface area contributed by atoms with Gasteiger partial charge >= 0.3 is 5.97 Å². The van der Waals surface area contributed by atoms with Crippen molar-refractivity contribution < 1.29 is 23.9 Å². The standard InChI is InChI=1S/C19H14FN3O4/c20-11-3-1-2-10(6-11)17-13(8-16(24)25)18(26)19(27)23(17)12-4-5-14-15(7-12)22-9-21-14/h1-7,9,13,17H,8H2,(H,21,22)(H,24,25). The molecule has 1 aliphatic rings. The average molecular weight is 367 g/mol. The van der Waals surface area contributed by atoms with Crippen molar-refractivity contribution in [3.8, 4) is 0 Å². The van der Waals surface area contributed by atoms with Crippen molar-refractivity contribution in [2.45, 2.75) is 12.5 Å². The number of benzene rings is 2. The molecule has 0 bridgehead atoms. The predicted molar refractivity (Wildman–Crippen MR) is 93.5 cm³/mol. The molecule has 27 heavy (non-hydrogen) atoms. The average Bonchev–Trinajstić information content (AvgIpc) is 3.19. The van der Waals surface area contributed by atoms with Gasteiger partial charge in [0.15, 0.2) is 0 Å². The van der Waals surface area contributed by atoms with Crippen LogP contribution in [-0.4, -0.2) is 32.7 Å². The van der Waals surface area contributed by atoms with E-state index in [1.54, 1.807) is 24.3 Å². The zero-order valence-electron chi connectivity index (χ0n) is 13.9. The van der Waals surface area contributed by atoms with Crippen LogP contribution in [0.25, 0.3) is 11.0 Å². The SMILES string of the molecule is O=C(O)CC1C(=O)C(=O)N(c2ccc3nc[nH]c3c2)C1c1cccc(F)c1. The summed E-state index contributed by atoms with van der Waals surface area (Å²) in [5.41, 5.74) is 2.12. The molecule has 0 radical (unpaired) electrons. The number of anilines is 1. The van der Waals surface area contributed by atoms with Crippen molar-refractivity contribution in [2.24, 2.45) is 5.92 Å². The number of imidazole rings is 1. The number of fused-ring (bicyclic) bond motifs is 1. The van der Waals surface area contributed by atoms with Crippen LogP contribution in [0.3, 0.4) is 0 Å². The molecular formula is C19H14FN3O4. The van der Waals surface area contributed by atoms with Crippen LogP contribution in [-0.2, 0) is 14.4 Å². The fourth-order valence-corrected chi connectivity index (χ4v) is 3.54. The minimum Gasteiger partial charge on any atom is -0.481 e. The molecule has 1 saturated heterocycles. The molecule has 2 N–H and O–H groups in total. The molecule has 2 atom stereocenters. The number of Topliss-reactive ketones (excluding diaryl/α,β-unsaturated/α-hetero) is 1. The Morgan fingerprint density at radius 2 is 2.04 bits per heavy atom. The Hall–Kier alpha value is -3.55. The first-order valence-corrected chi connectivity index (χ1v) is 8.23. The number of ketones is 1. The molecule has 1 aliphatic heterocycles. The van der Waals surface area contributed by atoms with Gasteiger partial charge in [0.2, 0.25) is 5.78 Å². The quantitative estimate of drug-likeness (QED) is 0.690. The van der Waals surface area contributed by atoms with Gasteiger partial charge in [0, 0.05) is 5.69 Å². The highest BCUT2D eigenvalue weighted by atomic mass is 19.1. The van der Waals surface area contributed by atoms with Gasteiger partial charge in [0.25, 0.3) is 5.91 Å². The van der Waals surface area contributed by atoms with E-state index in [4.69, 9.17) is 0 Å². The number of carbonyl (C=O) groups excluding carboxylic acids is 2. The van der Waals surface area contributed by atoms with Crippen LogP contribution in [0.1, 0.15) is 18.0 Å². The van der Waals surface area contributed by atoms with Crippen LogP contribution in [0, 0.1) is 11.7 Å². The zero-order chi connectivity index (χ0) is 19.1. The first-order valence-electron chi connectivity index (χ1n) is 8.23. The Labute approximate surface area is 152 Å². The minimum atomic E-state index is -1.20. The molecule has 1 aromatic heterocycles. The Morgan fingerprint density at radius 1 is 1.22 bits per heavy atom. The number of amides is 1. The lowest BCUT2D eigenvalue weighted by atomic mass is 9.90. The first kappa shape index (κ1) is 16.9. The topological polar surface area (TPSA) is 103 Å². The van der Waals surface area contributed by atoms with E-state index < -0.39 is 41.9 Å². The molecule has 1 fully saturated rings. The van der Waals surface area contributed by atoms with Crippen molar-refractivity contribution in [1.82, 2.24) is 9.97 Å². The summed E-state index contributed by atoms with van der Waals surface area (Å²) in [6.07, 6.45) is 0.983. The summed E-state index contributed by atoms with van der Waals surface area (Å²) in [6, 6.07) is 9.57. The summed E-state index contributed by atoms with van der Waals surface area (Å²) in [5, 5.41) is 9.20. The van der Waals surface area contributed by atoms with E-state index in [0.29, 0.717) is 22.3 Å². The lowest BCUT2D eigenvalue weighted by Crippen LogP contribution is -2.29. The number of halogens is 1. The largest absolute Gasteiger partial charge is 0.481 e. The van der Waals surface area contributed by atoms with Crippen LogP contribution in [0.15, 0.2) is 48.8 Å². The highest BCUT2D eigenvalue weighted by Crippen LogP contribution is 2.41. The second kappa shape index (κ2) is 6.31. The van der Waals surface area contributed by atoms with E-state index in [1.165, 1.54) is 29.4 Å². The van der Waals surface area contributed by atoms with Gasteiger partial charge in [0.05, 0.1) is 35.7 Å². The summed E-state index contributed by atoms with van der Waals surface area (Å²) < 4.78 is 13.8. The normalized spacial score (nSPS) is 19.8. The number of nitrogens with one attached hydrogen (secondary N) is 1. The van der Waals surface area contributed by atoms with Crippen LogP contribution >= 0.6 is 0 Å². The van der Waals surface area contributed by atoms with Gasteiger partial charge in [-0.3, -0.25) is 19.3 Å². The molecule has 0 saturated carbocycles. The third-order valence-electron chi connectivity index (χ3n) is 4.69. The van der Waals surface area contributed by atoms with E-state index in [0.717, 1.165) is 0 Å². The van der Waals surface area contributed by atoms with Crippen molar-refractivity contribution in [2.75, 3.05) is 4.90 Å². The summed E-state index contributed by atoms with van der Waals surface area (Å²) in [6.45, 7) is 0. The van der Waals surface area contributed by atoms with Gasteiger partial charge in [-0.2, -0.15) is 0 Å². The summed E-state index contributed by atoms with van der Waals surface area (Å²) in [7, 11) is 0. The van der Waals surface area contributed by atoms with Crippen LogP contribution in [0.2, 0.25) is 0 Å². The number of carboxylic acids is 1. The van der Waals surface area contributed by atoms with Gasteiger partial charge in [0.1, 0.15) is 5.82 Å². The number of H-pyrrole nitrogens is 1. The van der Waals surface area contributed by atoms with Crippen molar-refractivity contribution in [3.05, 3.63) is 60.2 Å². The highest BCUT2D eigenvalue weighted by Gasteiger charge is 2.49. The van der Waals surface area contributed by atoms with E-state index >= 15 is 0 Å². The van der Waals surface area contributed by atoms with E-state index in [2.05, 4.69) is 9.97 Å². The fourth-order valence-electron chi connectivity index (χ4n) is 3.54. The maximum absolute atomic E-state index is 13.8. The first-order chi connectivity index (χ1) is 13.0. The third kappa shape index (κ3) is 2.84. The molecule has 4 rings (SSSR count).